The standard InChI is InChI=1S/C20H32N4O2/c1-21(2)18-8-6-16(7-9-18)14-23(5)19(25)15-24-12-10-17(11-13-24)20(26)22(3)4/h6-9,17H,10-15H2,1-5H3. The van der Waals surface area contributed by atoms with Crippen molar-refractivity contribution in [1.82, 2.24) is 14.7 Å². The second kappa shape index (κ2) is 9.03. The number of anilines is 1. The molecule has 0 saturated carbocycles. The summed E-state index contributed by atoms with van der Waals surface area (Å²) in [6.07, 6.45) is 1.67. The summed E-state index contributed by atoms with van der Waals surface area (Å²) >= 11 is 0. The highest BCUT2D eigenvalue weighted by molar-refractivity contribution is 5.79. The van der Waals surface area contributed by atoms with Gasteiger partial charge in [-0.25, -0.2) is 0 Å². The molecule has 1 saturated heterocycles. The molecule has 1 aromatic rings. The van der Waals surface area contributed by atoms with Crippen LogP contribution in [0.2, 0.25) is 0 Å². The van der Waals surface area contributed by atoms with Gasteiger partial charge in [0.05, 0.1) is 6.54 Å². The first kappa shape index (κ1) is 20.2. The molecule has 1 aromatic carbocycles. The first-order valence-corrected chi connectivity index (χ1v) is 9.21. The Kier molecular flexibility index (Phi) is 7.03. The van der Waals surface area contributed by atoms with Gasteiger partial charge in [0.15, 0.2) is 0 Å². The van der Waals surface area contributed by atoms with E-state index in [-0.39, 0.29) is 17.7 Å². The van der Waals surface area contributed by atoms with Gasteiger partial charge in [-0.2, -0.15) is 0 Å². The largest absolute Gasteiger partial charge is 0.378 e. The molecule has 1 heterocycles. The van der Waals surface area contributed by atoms with Crippen molar-refractivity contribution in [2.45, 2.75) is 19.4 Å². The number of rotatable bonds is 6. The van der Waals surface area contributed by atoms with E-state index in [1.807, 2.05) is 21.1 Å². The summed E-state index contributed by atoms with van der Waals surface area (Å²) < 4.78 is 0. The fourth-order valence-electron chi connectivity index (χ4n) is 3.28. The highest BCUT2D eigenvalue weighted by Gasteiger charge is 2.27. The van der Waals surface area contributed by atoms with E-state index in [1.54, 1.807) is 23.9 Å². The minimum atomic E-state index is 0.101. The Morgan fingerprint density at radius 2 is 1.58 bits per heavy atom. The van der Waals surface area contributed by atoms with Crippen molar-refractivity contribution in [1.29, 1.82) is 0 Å². The molecule has 1 aliphatic rings. The lowest BCUT2D eigenvalue weighted by Crippen LogP contribution is -2.44. The third-order valence-electron chi connectivity index (χ3n) is 5.03. The summed E-state index contributed by atoms with van der Waals surface area (Å²) in [4.78, 5) is 32.2. The van der Waals surface area contributed by atoms with Crippen LogP contribution in [0.15, 0.2) is 24.3 Å². The molecule has 144 valence electrons. The molecule has 26 heavy (non-hydrogen) atoms. The molecule has 0 bridgehead atoms. The minimum Gasteiger partial charge on any atom is -0.378 e. The van der Waals surface area contributed by atoms with E-state index in [0.29, 0.717) is 13.1 Å². The lowest BCUT2D eigenvalue weighted by atomic mass is 9.95. The van der Waals surface area contributed by atoms with Gasteiger partial charge in [0, 0.05) is 53.4 Å². The summed E-state index contributed by atoms with van der Waals surface area (Å²) in [5, 5.41) is 0. The van der Waals surface area contributed by atoms with E-state index < -0.39 is 0 Å². The Morgan fingerprint density at radius 1 is 1.00 bits per heavy atom. The third kappa shape index (κ3) is 5.46. The Hall–Kier alpha value is -2.08. The zero-order chi connectivity index (χ0) is 19.3. The van der Waals surface area contributed by atoms with Crippen LogP contribution in [-0.4, -0.2) is 81.4 Å². The number of hydrogen-bond acceptors (Lipinski definition) is 4. The number of benzene rings is 1. The Bertz CT molecular complexity index is 605. The monoisotopic (exact) mass is 360 g/mol. The lowest BCUT2D eigenvalue weighted by molar-refractivity contribution is -0.135. The molecule has 0 unspecified atom stereocenters. The van der Waals surface area contributed by atoms with Crippen LogP contribution in [0.1, 0.15) is 18.4 Å². The fourth-order valence-corrected chi connectivity index (χ4v) is 3.28. The van der Waals surface area contributed by atoms with Crippen LogP contribution < -0.4 is 4.90 Å². The minimum absolute atomic E-state index is 0.101. The van der Waals surface area contributed by atoms with Gasteiger partial charge in [-0.1, -0.05) is 12.1 Å². The molecular formula is C20H32N4O2. The SMILES string of the molecule is CN(C)C(=O)C1CCN(CC(=O)N(C)Cc2ccc(N(C)C)cc2)CC1. The normalized spacial score (nSPS) is 15.6. The number of carbonyl (C=O) groups is 2. The van der Waals surface area contributed by atoms with Crippen molar-refractivity contribution in [2.24, 2.45) is 5.92 Å². The maximum absolute atomic E-state index is 12.5. The lowest BCUT2D eigenvalue weighted by Gasteiger charge is -2.32. The van der Waals surface area contributed by atoms with Crippen LogP contribution in [-0.2, 0) is 16.1 Å². The van der Waals surface area contributed by atoms with Crippen molar-refractivity contribution >= 4 is 17.5 Å². The van der Waals surface area contributed by atoms with Crippen molar-refractivity contribution in [3.05, 3.63) is 29.8 Å². The van der Waals surface area contributed by atoms with Gasteiger partial charge in [0.2, 0.25) is 11.8 Å². The van der Waals surface area contributed by atoms with Gasteiger partial charge < -0.3 is 14.7 Å². The summed E-state index contributed by atoms with van der Waals surface area (Å²) in [6, 6.07) is 8.27. The van der Waals surface area contributed by atoms with Crippen LogP contribution in [0.3, 0.4) is 0 Å². The Labute approximate surface area is 157 Å². The zero-order valence-corrected chi connectivity index (χ0v) is 16.7. The van der Waals surface area contributed by atoms with Crippen molar-refractivity contribution in [3.8, 4) is 0 Å². The van der Waals surface area contributed by atoms with Crippen molar-refractivity contribution in [3.63, 3.8) is 0 Å². The number of likely N-dealkylation sites (tertiary alicyclic amines) is 1. The smallest absolute Gasteiger partial charge is 0.236 e. The maximum atomic E-state index is 12.5. The van der Waals surface area contributed by atoms with Gasteiger partial charge >= 0.3 is 0 Å². The number of likely N-dealkylation sites (N-methyl/N-ethyl adjacent to an activating group) is 1. The average Bonchev–Trinajstić information content (AvgIpc) is 2.62. The molecule has 2 rings (SSSR count). The van der Waals surface area contributed by atoms with E-state index in [9.17, 15) is 9.59 Å². The van der Waals surface area contributed by atoms with Gasteiger partial charge in [0.25, 0.3) is 0 Å². The summed E-state index contributed by atoms with van der Waals surface area (Å²) in [5.41, 5.74) is 2.28. The Morgan fingerprint density at radius 3 is 2.08 bits per heavy atom. The van der Waals surface area contributed by atoms with Crippen LogP contribution in [0.25, 0.3) is 0 Å². The molecule has 0 spiro atoms. The highest BCUT2D eigenvalue weighted by Crippen LogP contribution is 2.19. The number of nitrogens with zero attached hydrogens (tertiary/aromatic N) is 4. The summed E-state index contributed by atoms with van der Waals surface area (Å²) in [5.74, 6) is 0.428. The topological polar surface area (TPSA) is 47.1 Å². The maximum Gasteiger partial charge on any atom is 0.236 e. The molecule has 0 atom stereocenters. The molecule has 2 amide bonds. The van der Waals surface area contributed by atoms with Crippen LogP contribution in [0.5, 0.6) is 0 Å². The number of hydrogen-bond donors (Lipinski definition) is 0. The molecular weight excluding hydrogens is 328 g/mol. The predicted octanol–water partition coefficient (Wildman–Crippen LogP) is 1.51. The second-order valence-corrected chi connectivity index (χ2v) is 7.59. The predicted molar refractivity (Wildman–Crippen MR) is 105 cm³/mol. The molecule has 0 radical (unpaired) electrons. The van der Waals surface area contributed by atoms with E-state index in [1.165, 1.54) is 0 Å². The molecule has 0 aliphatic carbocycles. The fraction of sp³-hybridized carbons (Fsp3) is 0.600. The zero-order valence-electron chi connectivity index (χ0n) is 16.7. The Balaban J connectivity index is 1.79. The third-order valence-corrected chi connectivity index (χ3v) is 5.03. The molecule has 6 nitrogen and oxygen atoms in total. The van der Waals surface area contributed by atoms with Gasteiger partial charge in [-0.3, -0.25) is 14.5 Å². The van der Waals surface area contributed by atoms with Gasteiger partial charge in [0.1, 0.15) is 0 Å². The number of amides is 2. The first-order chi connectivity index (χ1) is 12.3. The highest BCUT2D eigenvalue weighted by atomic mass is 16.2. The van der Waals surface area contributed by atoms with E-state index >= 15 is 0 Å². The number of piperidine rings is 1. The number of carbonyl (C=O) groups excluding carboxylic acids is 2. The van der Waals surface area contributed by atoms with Crippen molar-refractivity contribution < 1.29 is 9.59 Å². The molecule has 0 aromatic heterocycles. The molecule has 0 N–H and O–H groups in total. The van der Waals surface area contributed by atoms with E-state index in [4.69, 9.17) is 0 Å². The van der Waals surface area contributed by atoms with Crippen LogP contribution in [0.4, 0.5) is 5.69 Å². The van der Waals surface area contributed by atoms with Crippen LogP contribution in [0, 0.1) is 5.92 Å². The molecule has 6 heteroatoms. The van der Waals surface area contributed by atoms with Gasteiger partial charge in [-0.15, -0.1) is 0 Å². The quantitative estimate of drug-likeness (QED) is 0.772. The average molecular weight is 361 g/mol. The first-order valence-electron chi connectivity index (χ1n) is 9.21. The molecule has 1 fully saturated rings. The van der Waals surface area contributed by atoms with Crippen LogP contribution >= 0.6 is 0 Å². The summed E-state index contributed by atoms with van der Waals surface area (Å²) in [7, 11) is 9.49. The van der Waals surface area contributed by atoms with Crippen molar-refractivity contribution in [2.75, 3.05) is 59.8 Å². The summed E-state index contributed by atoms with van der Waals surface area (Å²) in [6.45, 7) is 2.65. The molecule has 1 aliphatic heterocycles. The van der Waals surface area contributed by atoms with E-state index in [0.717, 1.165) is 37.2 Å². The second-order valence-electron chi connectivity index (χ2n) is 7.59. The van der Waals surface area contributed by atoms with Gasteiger partial charge in [-0.05, 0) is 43.6 Å². The van der Waals surface area contributed by atoms with E-state index in [2.05, 4.69) is 34.1 Å².